The van der Waals surface area contributed by atoms with Crippen molar-refractivity contribution in [3.05, 3.63) is 36.8 Å². The SMILES string of the molecule is Nc1ccnc(-c2cccnc2)c1N. The Balaban J connectivity index is 2.58. The fourth-order valence-electron chi connectivity index (χ4n) is 1.22. The molecular formula is C10H10N4. The van der Waals surface area contributed by atoms with Crippen molar-refractivity contribution in [2.75, 3.05) is 11.5 Å². The fourth-order valence-corrected chi connectivity index (χ4v) is 1.22. The van der Waals surface area contributed by atoms with E-state index >= 15 is 0 Å². The smallest absolute Gasteiger partial charge is 0.0967 e. The van der Waals surface area contributed by atoms with Gasteiger partial charge in [-0.3, -0.25) is 9.97 Å². The zero-order valence-electron chi connectivity index (χ0n) is 7.51. The van der Waals surface area contributed by atoms with Crippen LogP contribution in [0.5, 0.6) is 0 Å². The number of nitrogens with zero attached hydrogens (tertiary/aromatic N) is 2. The van der Waals surface area contributed by atoms with Crippen molar-refractivity contribution >= 4 is 11.4 Å². The van der Waals surface area contributed by atoms with Crippen molar-refractivity contribution in [3.8, 4) is 11.3 Å². The predicted octanol–water partition coefficient (Wildman–Crippen LogP) is 1.31. The van der Waals surface area contributed by atoms with E-state index in [4.69, 9.17) is 11.5 Å². The summed E-state index contributed by atoms with van der Waals surface area (Å²) in [7, 11) is 0. The van der Waals surface area contributed by atoms with Crippen molar-refractivity contribution in [1.82, 2.24) is 9.97 Å². The third-order valence-electron chi connectivity index (χ3n) is 1.96. The molecule has 0 saturated heterocycles. The highest BCUT2D eigenvalue weighted by molar-refractivity contribution is 5.80. The monoisotopic (exact) mass is 186 g/mol. The van der Waals surface area contributed by atoms with Crippen LogP contribution in [0.3, 0.4) is 0 Å². The number of hydrogen-bond acceptors (Lipinski definition) is 4. The average molecular weight is 186 g/mol. The summed E-state index contributed by atoms with van der Waals surface area (Å²) >= 11 is 0. The number of aromatic nitrogens is 2. The van der Waals surface area contributed by atoms with Crippen molar-refractivity contribution in [2.45, 2.75) is 0 Å². The van der Waals surface area contributed by atoms with E-state index in [1.807, 2.05) is 12.1 Å². The average Bonchev–Trinajstić information content (AvgIpc) is 2.23. The lowest BCUT2D eigenvalue weighted by Crippen LogP contribution is -1.99. The van der Waals surface area contributed by atoms with Crippen molar-refractivity contribution in [1.29, 1.82) is 0 Å². The molecule has 0 bridgehead atoms. The largest absolute Gasteiger partial charge is 0.397 e. The molecule has 2 aromatic heterocycles. The second-order valence-electron chi connectivity index (χ2n) is 2.90. The molecule has 70 valence electrons. The Morgan fingerprint density at radius 3 is 2.64 bits per heavy atom. The van der Waals surface area contributed by atoms with Crippen LogP contribution in [-0.4, -0.2) is 9.97 Å². The van der Waals surface area contributed by atoms with Gasteiger partial charge in [0.1, 0.15) is 0 Å². The summed E-state index contributed by atoms with van der Waals surface area (Å²) < 4.78 is 0. The summed E-state index contributed by atoms with van der Waals surface area (Å²) in [6.07, 6.45) is 5.04. The number of anilines is 2. The van der Waals surface area contributed by atoms with Crippen LogP contribution in [0.1, 0.15) is 0 Å². The summed E-state index contributed by atoms with van der Waals surface area (Å²) in [5.74, 6) is 0. The van der Waals surface area contributed by atoms with Gasteiger partial charge in [0.2, 0.25) is 0 Å². The van der Waals surface area contributed by atoms with Gasteiger partial charge in [0.05, 0.1) is 17.1 Å². The molecule has 14 heavy (non-hydrogen) atoms. The minimum Gasteiger partial charge on any atom is -0.397 e. The summed E-state index contributed by atoms with van der Waals surface area (Å²) in [4.78, 5) is 8.16. The maximum Gasteiger partial charge on any atom is 0.0967 e. The zero-order chi connectivity index (χ0) is 9.97. The number of nitrogens with two attached hydrogens (primary N) is 2. The number of nitrogen functional groups attached to an aromatic ring is 2. The zero-order valence-corrected chi connectivity index (χ0v) is 7.51. The molecule has 0 aromatic carbocycles. The molecule has 0 unspecified atom stereocenters. The molecule has 2 aromatic rings. The Morgan fingerprint density at radius 2 is 1.93 bits per heavy atom. The maximum absolute atomic E-state index is 5.80. The first kappa shape index (κ1) is 8.50. The lowest BCUT2D eigenvalue weighted by molar-refractivity contribution is 1.28. The molecule has 2 rings (SSSR count). The van der Waals surface area contributed by atoms with E-state index in [9.17, 15) is 0 Å². The van der Waals surface area contributed by atoms with Gasteiger partial charge in [-0.05, 0) is 18.2 Å². The van der Waals surface area contributed by atoms with E-state index in [0.29, 0.717) is 17.1 Å². The number of hydrogen-bond donors (Lipinski definition) is 2. The molecule has 0 saturated carbocycles. The number of rotatable bonds is 1. The molecule has 4 heteroatoms. The van der Waals surface area contributed by atoms with E-state index < -0.39 is 0 Å². The van der Waals surface area contributed by atoms with Gasteiger partial charge in [-0.25, -0.2) is 0 Å². The molecule has 0 fully saturated rings. The Hall–Kier alpha value is -2.10. The Bertz CT molecular complexity index is 439. The van der Waals surface area contributed by atoms with Crippen LogP contribution in [0.4, 0.5) is 11.4 Å². The molecule has 0 spiro atoms. The van der Waals surface area contributed by atoms with Crippen molar-refractivity contribution in [2.24, 2.45) is 0 Å². The molecule has 0 atom stereocenters. The first-order chi connectivity index (χ1) is 6.79. The summed E-state index contributed by atoms with van der Waals surface area (Å²) in [6, 6.07) is 5.40. The van der Waals surface area contributed by atoms with Gasteiger partial charge in [0, 0.05) is 24.2 Å². The van der Waals surface area contributed by atoms with Crippen LogP contribution in [0.2, 0.25) is 0 Å². The molecular weight excluding hydrogens is 176 g/mol. The quantitative estimate of drug-likeness (QED) is 0.703. The normalized spacial score (nSPS) is 10.0. The highest BCUT2D eigenvalue weighted by atomic mass is 14.8. The molecule has 0 aliphatic carbocycles. The second-order valence-corrected chi connectivity index (χ2v) is 2.90. The molecule has 0 aliphatic rings. The van der Waals surface area contributed by atoms with Crippen molar-refractivity contribution < 1.29 is 0 Å². The van der Waals surface area contributed by atoms with E-state index in [1.165, 1.54) is 0 Å². The summed E-state index contributed by atoms with van der Waals surface area (Å²) in [5, 5.41) is 0. The Morgan fingerprint density at radius 1 is 1.07 bits per heavy atom. The van der Waals surface area contributed by atoms with Crippen LogP contribution in [0, 0.1) is 0 Å². The topological polar surface area (TPSA) is 77.8 Å². The van der Waals surface area contributed by atoms with Crippen LogP contribution in [0.25, 0.3) is 11.3 Å². The number of pyridine rings is 2. The third-order valence-corrected chi connectivity index (χ3v) is 1.96. The first-order valence-electron chi connectivity index (χ1n) is 4.19. The van der Waals surface area contributed by atoms with Crippen LogP contribution in [-0.2, 0) is 0 Å². The predicted molar refractivity (Wildman–Crippen MR) is 56.3 cm³/mol. The summed E-state index contributed by atoms with van der Waals surface area (Å²) in [5.41, 5.74) is 14.1. The van der Waals surface area contributed by atoms with E-state index in [-0.39, 0.29) is 0 Å². The van der Waals surface area contributed by atoms with Crippen LogP contribution in [0.15, 0.2) is 36.8 Å². The lowest BCUT2D eigenvalue weighted by atomic mass is 10.1. The molecule has 2 heterocycles. The maximum atomic E-state index is 5.80. The van der Waals surface area contributed by atoms with Gasteiger partial charge in [-0.2, -0.15) is 0 Å². The molecule has 0 radical (unpaired) electrons. The van der Waals surface area contributed by atoms with Gasteiger partial charge in [-0.15, -0.1) is 0 Å². The minimum atomic E-state index is 0.500. The first-order valence-corrected chi connectivity index (χ1v) is 4.19. The van der Waals surface area contributed by atoms with Crippen molar-refractivity contribution in [3.63, 3.8) is 0 Å². The molecule has 4 N–H and O–H groups in total. The van der Waals surface area contributed by atoms with Gasteiger partial charge in [-0.1, -0.05) is 0 Å². The highest BCUT2D eigenvalue weighted by Gasteiger charge is 2.05. The van der Waals surface area contributed by atoms with Gasteiger partial charge >= 0.3 is 0 Å². The highest BCUT2D eigenvalue weighted by Crippen LogP contribution is 2.26. The third kappa shape index (κ3) is 1.37. The lowest BCUT2D eigenvalue weighted by Gasteiger charge is -2.05. The fraction of sp³-hybridized carbons (Fsp3) is 0. The van der Waals surface area contributed by atoms with Crippen LogP contribution >= 0.6 is 0 Å². The summed E-state index contributed by atoms with van der Waals surface area (Å²) in [6.45, 7) is 0. The van der Waals surface area contributed by atoms with E-state index in [1.54, 1.807) is 24.7 Å². The van der Waals surface area contributed by atoms with E-state index in [2.05, 4.69) is 9.97 Å². The standard InChI is InChI=1S/C10H10N4/c11-8-3-5-14-10(9(8)12)7-2-1-4-13-6-7/h1-6H,12H2,(H2,11,14). The van der Waals surface area contributed by atoms with Gasteiger partial charge in [0.15, 0.2) is 0 Å². The van der Waals surface area contributed by atoms with E-state index in [0.717, 1.165) is 5.56 Å². The second kappa shape index (κ2) is 3.33. The Labute approximate surface area is 81.6 Å². The van der Waals surface area contributed by atoms with Gasteiger partial charge < -0.3 is 11.5 Å². The molecule has 0 amide bonds. The minimum absolute atomic E-state index is 0.500. The van der Waals surface area contributed by atoms with Crippen LogP contribution < -0.4 is 11.5 Å². The molecule has 4 nitrogen and oxygen atoms in total. The Kier molecular flexibility index (Phi) is 2.02. The molecule has 0 aliphatic heterocycles. The van der Waals surface area contributed by atoms with Gasteiger partial charge in [0.25, 0.3) is 0 Å².